The lowest BCUT2D eigenvalue weighted by molar-refractivity contribution is -0.123. The van der Waals surface area contributed by atoms with Crippen molar-refractivity contribution in [2.45, 2.75) is 20.8 Å². The maximum absolute atomic E-state index is 12.2. The van der Waals surface area contributed by atoms with Crippen molar-refractivity contribution in [2.24, 2.45) is 5.41 Å². The number of nitrogens with one attached hydrogen (secondary N) is 4. The zero-order valence-electron chi connectivity index (χ0n) is 17.7. The molecule has 0 aliphatic rings. The van der Waals surface area contributed by atoms with E-state index in [4.69, 9.17) is 4.74 Å². The minimum atomic E-state index is -0.497. The average molecular weight is 412 g/mol. The number of hydrogen-bond donors (Lipinski definition) is 4. The minimum Gasteiger partial charge on any atom is -0.497 e. The maximum atomic E-state index is 12.2. The fourth-order valence-corrected chi connectivity index (χ4v) is 2.33. The minimum absolute atomic E-state index is 0.0984. The van der Waals surface area contributed by atoms with E-state index >= 15 is 0 Å². The first-order chi connectivity index (χ1) is 14.2. The Balaban J connectivity index is 1.72. The Hall–Kier alpha value is -3.55. The molecule has 0 heterocycles. The van der Waals surface area contributed by atoms with Gasteiger partial charge in [0.15, 0.2) is 0 Å². The second kappa shape index (κ2) is 10.3. The number of carbonyl (C=O) groups is 3. The van der Waals surface area contributed by atoms with Gasteiger partial charge in [-0.25, -0.2) is 4.79 Å². The van der Waals surface area contributed by atoms with Crippen LogP contribution >= 0.6 is 0 Å². The van der Waals surface area contributed by atoms with E-state index in [1.54, 1.807) is 55.6 Å². The second-order valence-electron chi connectivity index (χ2n) is 7.65. The van der Waals surface area contributed by atoms with Crippen molar-refractivity contribution in [3.63, 3.8) is 0 Å². The van der Waals surface area contributed by atoms with Gasteiger partial charge in [-0.1, -0.05) is 20.8 Å². The summed E-state index contributed by atoms with van der Waals surface area (Å²) < 4.78 is 5.06. The zero-order valence-corrected chi connectivity index (χ0v) is 17.7. The third-order valence-corrected chi connectivity index (χ3v) is 4.13. The molecule has 0 fully saturated rings. The maximum Gasteiger partial charge on any atom is 0.319 e. The topological polar surface area (TPSA) is 109 Å². The molecule has 0 spiro atoms. The summed E-state index contributed by atoms with van der Waals surface area (Å²) in [6.07, 6.45) is 0. The highest BCUT2D eigenvalue weighted by atomic mass is 16.5. The third-order valence-electron chi connectivity index (χ3n) is 4.13. The quantitative estimate of drug-likeness (QED) is 0.524. The molecule has 0 aromatic heterocycles. The van der Waals surface area contributed by atoms with Crippen LogP contribution in [0, 0.1) is 5.41 Å². The van der Waals surface area contributed by atoms with Crippen LogP contribution in [0.3, 0.4) is 0 Å². The van der Waals surface area contributed by atoms with Crippen LogP contribution < -0.4 is 26.0 Å². The van der Waals surface area contributed by atoms with Crippen LogP contribution in [0.2, 0.25) is 0 Å². The normalized spacial score (nSPS) is 10.7. The Morgan fingerprint density at radius 1 is 0.800 bits per heavy atom. The van der Waals surface area contributed by atoms with E-state index in [1.165, 1.54) is 0 Å². The molecule has 8 heteroatoms. The molecule has 0 aliphatic heterocycles. The largest absolute Gasteiger partial charge is 0.497 e. The monoisotopic (exact) mass is 412 g/mol. The molecule has 0 saturated heterocycles. The van der Waals surface area contributed by atoms with Gasteiger partial charge in [0.05, 0.1) is 7.11 Å². The molecule has 0 atom stereocenters. The van der Waals surface area contributed by atoms with Crippen LogP contribution in [-0.2, 0) is 4.79 Å². The number of anilines is 2. The first-order valence-electron chi connectivity index (χ1n) is 9.57. The standard InChI is InChI=1S/C22H28N4O4/c1-22(2,3)20(28)25-16-7-5-15(6-8-16)19(27)23-13-14-24-21(29)26-17-9-11-18(30-4)12-10-17/h5-12H,13-14H2,1-4H3,(H,23,27)(H,25,28)(H2,24,26,29). The number of urea groups is 1. The smallest absolute Gasteiger partial charge is 0.319 e. The Kier molecular flexibility index (Phi) is 7.80. The summed E-state index contributed by atoms with van der Waals surface area (Å²) in [7, 11) is 1.57. The van der Waals surface area contributed by atoms with Crippen molar-refractivity contribution in [2.75, 3.05) is 30.8 Å². The van der Waals surface area contributed by atoms with Gasteiger partial charge < -0.3 is 26.0 Å². The van der Waals surface area contributed by atoms with E-state index in [2.05, 4.69) is 21.3 Å². The van der Waals surface area contributed by atoms with Gasteiger partial charge in [-0.05, 0) is 48.5 Å². The number of benzene rings is 2. The molecule has 0 unspecified atom stereocenters. The SMILES string of the molecule is COc1ccc(NC(=O)NCCNC(=O)c2ccc(NC(=O)C(C)(C)C)cc2)cc1. The Morgan fingerprint density at radius 3 is 1.90 bits per heavy atom. The fraction of sp³-hybridized carbons (Fsp3) is 0.318. The van der Waals surface area contributed by atoms with Gasteiger partial charge in [-0.2, -0.15) is 0 Å². The number of rotatable bonds is 7. The molecule has 0 bridgehead atoms. The Bertz CT molecular complexity index is 872. The molecule has 2 aromatic rings. The summed E-state index contributed by atoms with van der Waals surface area (Å²) >= 11 is 0. The van der Waals surface area contributed by atoms with Crippen molar-refractivity contribution < 1.29 is 19.1 Å². The fourth-order valence-electron chi connectivity index (χ4n) is 2.33. The van der Waals surface area contributed by atoms with Crippen molar-refractivity contribution in [3.05, 3.63) is 54.1 Å². The molecule has 2 rings (SSSR count). The number of amides is 4. The number of methoxy groups -OCH3 is 1. The van der Waals surface area contributed by atoms with E-state index in [1.807, 2.05) is 20.8 Å². The molecular formula is C22H28N4O4. The number of hydrogen-bond acceptors (Lipinski definition) is 4. The highest BCUT2D eigenvalue weighted by Gasteiger charge is 2.21. The molecular weight excluding hydrogens is 384 g/mol. The van der Waals surface area contributed by atoms with Gasteiger partial charge >= 0.3 is 6.03 Å². The number of carbonyl (C=O) groups excluding carboxylic acids is 3. The van der Waals surface area contributed by atoms with Gasteiger partial charge in [-0.3, -0.25) is 9.59 Å². The van der Waals surface area contributed by atoms with Crippen molar-refractivity contribution in [1.82, 2.24) is 10.6 Å². The summed E-state index contributed by atoms with van der Waals surface area (Å²) in [6, 6.07) is 13.2. The highest BCUT2D eigenvalue weighted by molar-refractivity contribution is 5.97. The molecule has 2 aromatic carbocycles. The van der Waals surface area contributed by atoms with Gasteiger partial charge in [0.1, 0.15) is 5.75 Å². The van der Waals surface area contributed by atoms with Gasteiger partial charge in [0.25, 0.3) is 5.91 Å². The van der Waals surface area contributed by atoms with Crippen LogP contribution in [0.25, 0.3) is 0 Å². The molecule has 8 nitrogen and oxygen atoms in total. The van der Waals surface area contributed by atoms with Crippen LogP contribution in [-0.4, -0.2) is 38.0 Å². The molecule has 4 amide bonds. The van der Waals surface area contributed by atoms with E-state index in [0.29, 0.717) is 22.7 Å². The van der Waals surface area contributed by atoms with E-state index in [0.717, 1.165) is 0 Å². The van der Waals surface area contributed by atoms with Crippen molar-refractivity contribution in [3.8, 4) is 5.75 Å². The lowest BCUT2D eigenvalue weighted by Crippen LogP contribution is -2.36. The number of ether oxygens (including phenoxy) is 1. The van der Waals surface area contributed by atoms with Gasteiger partial charge in [-0.15, -0.1) is 0 Å². The molecule has 0 radical (unpaired) electrons. The lowest BCUT2D eigenvalue weighted by atomic mass is 9.95. The van der Waals surface area contributed by atoms with E-state index in [9.17, 15) is 14.4 Å². The second-order valence-corrected chi connectivity index (χ2v) is 7.65. The first-order valence-corrected chi connectivity index (χ1v) is 9.57. The van der Waals surface area contributed by atoms with Gasteiger partial charge in [0.2, 0.25) is 5.91 Å². The summed E-state index contributed by atoms with van der Waals surface area (Å²) in [6.45, 7) is 6.03. The van der Waals surface area contributed by atoms with E-state index in [-0.39, 0.29) is 30.9 Å². The first kappa shape index (κ1) is 22.7. The summed E-state index contributed by atoms with van der Waals surface area (Å²) in [5.74, 6) is 0.341. The molecule has 0 saturated carbocycles. The summed E-state index contributed by atoms with van der Waals surface area (Å²) in [5.41, 5.74) is 1.23. The molecule has 4 N–H and O–H groups in total. The summed E-state index contributed by atoms with van der Waals surface area (Å²) in [5, 5.41) is 10.9. The Labute approximate surface area is 176 Å². The van der Waals surface area contributed by atoms with Crippen molar-refractivity contribution >= 4 is 29.2 Å². The average Bonchev–Trinajstić information content (AvgIpc) is 2.71. The van der Waals surface area contributed by atoms with Crippen LogP contribution in [0.5, 0.6) is 5.75 Å². The lowest BCUT2D eigenvalue weighted by Gasteiger charge is -2.17. The Morgan fingerprint density at radius 2 is 1.33 bits per heavy atom. The predicted octanol–water partition coefficient (Wildman–Crippen LogP) is 3.23. The molecule has 30 heavy (non-hydrogen) atoms. The van der Waals surface area contributed by atoms with Crippen LogP contribution in [0.1, 0.15) is 31.1 Å². The highest BCUT2D eigenvalue weighted by Crippen LogP contribution is 2.18. The summed E-state index contributed by atoms with van der Waals surface area (Å²) in [4.78, 5) is 36.1. The van der Waals surface area contributed by atoms with Crippen molar-refractivity contribution in [1.29, 1.82) is 0 Å². The van der Waals surface area contributed by atoms with Crippen LogP contribution in [0.15, 0.2) is 48.5 Å². The van der Waals surface area contributed by atoms with Crippen LogP contribution in [0.4, 0.5) is 16.2 Å². The zero-order chi connectivity index (χ0) is 22.1. The predicted molar refractivity (Wildman–Crippen MR) is 117 cm³/mol. The van der Waals surface area contributed by atoms with Gasteiger partial charge in [0, 0.05) is 35.4 Å². The van der Waals surface area contributed by atoms with E-state index < -0.39 is 5.41 Å². The molecule has 160 valence electrons. The third kappa shape index (κ3) is 7.12. The molecule has 0 aliphatic carbocycles.